The first-order chi connectivity index (χ1) is 12.8. The van der Waals surface area contributed by atoms with Gasteiger partial charge < -0.3 is 33.7 Å². The van der Waals surface area contributed by atoms with E-state index in [1.807, 2.05) is 54.7 Å². The predicted octanol–water partition coefficient (Wildman–Crippen LogP) is 2.49. The Morgan fingerprint density at radius 1 is 0.889 bits per heavy atom. The molecule has 0 aliphatic rings. The molecule has 0 saturated heterocycles. The molecule has 3 aromatic carbocycles. The van der Waals surface area contributed by atoms with Gasteiger partial charge in [-0.15, -0.1) is 0 Å². The van der Waals surface area contributed by atoms with Crippen molar-refractivity contribution in [3.63, 3.8) is 0 Å². The van der Waals surface area contributed by atoms with Gasteiger partial charge in [0.05, 0.1) is 6.08 Å². The molecule has 0 radical (unpaired) electrons. The normalized spacial score (nSPS) is 10.9. The summed E-state index contributed by atoms with van der Waals surface area (Å²) < 4.78 is 8.24. The van der Waals surface area contributed by atoms with Gasteiger partial charge in [0.2, 0.25) is 5.58 Å². The van der Waals surface area contributed by atoms with E-state index in [0.29, 0.717) is 0 Å². The highest BCUT2D eigenvalue weighted by Crippen LogP contribution is 2.24. The van der Waals surface area contributed by atoms with Crippen molar-refractivity contribution in [2.24, 2.45) is 0 Å². The van der Waals surface area contributed by atoms with Gasteiger partial charge >= 0.3 is 5.89 Å². The number of benzene rings is 3. The SMILES string of the molecule is CC[n+]1c(C=CNc2ccccc2)oc2ccc(-c3ccccc3)cc21.[I-]. The monoisotopic (exact) mass is 468 g/mol. The molecular weight excluding hydrogens is 447 g/mol. The number of para-hydroxylation sites is 1. The standard InChI is InChI=1S/C23H20N2O.HI/c1-2-25-21-17-19(18-9-5-3-6-10-18)13-14-22(21)26-23(25)15-16-24-20-11-7-4-8-12-20;/h3-17H,2H2,1H3;1H. The third kappa shape index (κ3) is 4.22. The topological polar surface area (TPSA) is 29.1 Å². The fraction of sp³-hybridized carbons (Fsp3) is 0.0870. The first-order valence-corrected chi connectivity index (χ1v) is 8.85. The lowest BCUT2D eigenvalue weighted by Crippen LogP contribution is -3.00. The summed E-state index contributed by atoms with van der Waals surface area (Å²) in [5.41, 5.74) is 5.45. The van der Waals surface area contributed by atoms with E-state index in [4.69, 9.17) is 4.42 Å². The van der Waals surface area contributed by atoms with Gasteiger partial charge in [0, 0.05) is 18.0 Å². The smallest absolute Gasteiger partial charge is 0.375 e. The summed E-state index contributed by atoms with van der Waals surface area (Å²) in [5.74, 6) is 0.830. The Morgan fingerprint density at radius 2 is 1.59 bits per heavy atom. The molecule has 0 unspecified atom stereocenters. The maximum absolute atomic E-state index is 6.06. The Morgan fingerprint density at radius 3 is 2.30 bits per heavy atom. The quantitative estimate of drug-likeness (QED) is 0.361. The molecule has 4 heteroatoms. The van der Waals surface area contributed by atoms with Crippen LogP contribution in [0.5, 0.6) is 0 Å². The maximum atomic E-state index is 6.06. The summed E-state index contributed by atoms with van der Waals surface area (Å²) in [4.78, 5) is 0. The largest absolute Gasteiger partial charge is 1.00 e. The number of hydrogen-bond donors (Lipinski definition) is 1. The Labute approximate surface area is 176 Å². The van der Waals surface area contributed by atoms with E-state index < -0.39 is 0 Å². The molecule has 0 fully saturated rings. The lowest BCUT2D eigenvalue weighted by Gasteiger charge is -1.99. The van der Waals surface area contributed by atoms with Gasteiger partial charge in [0.25, 0.3) is 5.52 Å². The molecule has 4 aromatic rings. The predicted molar refractivity (Wildman–Crippen MR) is 107 cm³/mol. The molecule has 0 saturated carbocycles. The minimum atomic E-state index is 0. The number of halogens is 1. The van der Waals surface area contributed by atoms with Crippen LogP contribution in [0.3, 0.4) is 0 Å². The second-order valence-corrected chi connectivity index (χ2v) is 6.08. The first-order valence-electron chi connectivity index (χ1n) is 8.85. The van der Waals surface area contributed by atoms with Crippen LogP contribution in [0.1, 0.15) is 12.8 Å². The Balaban J connectivity index is 0.00000210. The lowest BCUT2D eigenvalue weighted by atomic mass is 10.1. The number of nitrogens with one attached hydrogen (secondary N) is 1. The van der Waals surface area contributed by atoms with E-state index in [1.54, 1.807) is 0 Å². The Hall–Kier alpha value is -2.60. The summed E-state index contributed by atoms with van der Waals surface area (Å²) in [5, 5.41) is 3.27. The molecule has 0 aliphatic heterocycles. The average molecular weight is 468 g/mol. The number of fused-ring (bicyclic) bond motifs is 1. The summed E-state index contributed by atoms with van der Waals surface area (Å²) in [6, 6.07) is 26.8. The molecular formula is C23H21IN2O. The molecule has 0 amide bonds. The second-order valence-electron chi connectivity index (χ2n) is 6.08. The number of oxazole rings is 1. The summed E-state index contributed by atoms with van der Waals surface area (Å²) in [6.45, 7) is 2.97. The molecule has 1 N–H and O–H groups in total. The van der Waals surface area contributed by atoms with Crippen molar-refractivity contribution < 1.29 is 33.0 Å². The second kappa shape index (κ2) is 8.86. The van der Waals surface area contributed by atoms with Crippen LogP contribution in [-0.4, -0.2) is 0 Å². The van der Waals surface area contributed by atoms with Crippen LogP contribution in [-0.2, 0) is 6.54 Å². The molecule has 1 heterocycles. The van der Waals surface area contributed by atoms with E-state index >= 15 is 0 Å². The van der Waals surface area contributed by atoms with Crippen LogP contribution in [0, 0.1) is 0 Å². The summed E-state index contributed by atoms with van der Waals surface area (Å²) in [6.07, 6.45) is 3.88. The molecule has 1 aromatic heterocycles. The van der Waals surface area contributed by atoms with Gasteiger partial charge in [-0.25, -0.2) is 0 Å². The molecule has 0 bridgehead atoms. The van der Waals surface area contributed by atoms with E-state index in [2.05, 4.69) is 53.2 Å². The van der Waals surface area contributed by atoms with Gasteiger partial charge in [-0.3, -0.25) is 0 Å². The van der Waals surface area contributed by atoms with Crippen molar-refractivity contribution in [3.8, 4) is 11.1 Å². The molecule has 0 atom stereocenters. The Bertz CT molecular complexity index is 1040. The van der Waals surface area contributed by atoms with Crippen molar-refractivity contribution in [2.75, 3.05) is 5.32 Å². The highest BCUT2D eigenvalue weighted by molar-refractivity contribution is 5.78. The number of rotatable bonds is 5. The van der Waals surface area contributed by atoms with E-state index in [0.717, 1.165) is 29.2 Å². The summed E-state index contributed by atoms with van der Waals surface area (Å²) >= 11 is 0. The highest BCUT2D eigenvalue weighted by Gasteiger charge is 2.19. The first kappa shape index (κ1) is 19.2. The van der Waals surface area contributed by atoms with Crippen LogP contribution in [0.4, 0.5) is 5.69 Å². The number of aryl methyl sites for hydroxylation is 1. The van der Waals surface area contributed by atoms with Crippen LogP contribution in [0.15, 0.2) is 89.5 Å². The molecule has 27 heavy (non-hydrogen) atoms. The average Bonchev–Trinajstić information content (AvgIpc) is 3.06. The van der Waals surface area contributed by atoms with Crippen molar-refractivity contribution in [3.05, 3.63) is 91.0 Å². The number of aromatic nitrogens is 1. The summed E-state index contributed by atoms with van der Waals surface area (Å²) in [7, 11) is 0. The lowest BCUT2D eigenvalue weighted by molar-refractivity contribution is -0.674. The zero-order valence-electron chi connectivity index (χ0n) is 15.1. The molecule has 0 spiro atoms. The number of anilines is 1. The van der Waals surface area contributed by atoms with E-state index in [9.17, 15) is 0 Å². The van der Waals surface area contributed by atoms with Gasteiger partial charge in [-0.1, -0.05) is 54.6 Å². The number of nitrogens with zero attached hydrogens (tertiary/aromatic N) is 1. The van der Waals surface area contributed by atoms with Gasteiger partial charge in [-0.05, 0) is 36.2 Å². The molecule has 4 rings (SSSR count). The molecule has 136 valence electrons. The highest BCUT2D eigenvalue weighted by atomic mass is 127. The molecule has 0 aliphatic carbocycles. The minimum Gasteiger partial charge on any atom is -1.00 e. The van der Waals surface area contributed by atoms with Crippen molar-refractivity contribution >= 4 is 22.9 Å². The fourth-order valence-electron chi connectivity index (χ4n) is 3.10. The zero-order chi connectivity index (χ0) is 17.8. The Kier molecular flexibility index (Phi) is 6.29. The van der Waals surface area contributed by atoms with E-state index in [1.165, 1.54) is 11.1 Å². The van der Waals surface area contributed by atoms with Crippen LogP contribution >= 0.6 is 0 Å². The van der Waals surface area contributed by atoms with E-state index in [-0.39, 0.29) is 24.0 Å². The number of hydrogen-bond acceptors (Lipinski definition) is 2. The van der Waals surface area contributed by atoms with Crippen LogP contribution in [0.2, 0.25) is 0 Å². The van der Waals surface area contributed by atoms with Gasteiger partial charge in [0.1, 0.15) is 6.54 Å². The van der Waals surface area contributed by atoms with Crippen molar-refractivity contribution in [1.29, 1.82) is 0 Å². The molecule has 3 nitrogen and oxygen atoms in total. The van der Waals surface area contributed by atoms with Crippen molar-refractivity contribution in [2.45, 2.75) is 13.5 Å². The van der Waals surface area contributed by atoms with Crippen LogP contribution < -0.4 is 33.9 Å². The van der Waals surface area contributed by atoms with Crippen molar-refractivity contribution in [1.82, 2.24) is 0 Å². The maximum Gasteiger partial charge on any atom is 0.375 e. The third-order valence-corrected chi connectivity index (χ3v) is 4.40. The van der Waals surface area contributed by atoms with Gasteiger partial charge in [-0.2, -0.15) is 4.57 Å². The van der Waals surface area contributed by atoms with Gasteiger partial charge in [0.15, 0.2) is 0 Å². The zero-order valence-corrected chi connectivity index (χ0v) is 17.3. The van der Waals surface area contributed by atoms with Crippen LogP contribution in [0.25, 0.3) is 28.3 Å². The minimum absolute atomic E-state index is 0. The third-order valence-electron chi connectivity index (χ3n) is 4.40. The fourth-order valence-corrected chi connectivity index (χ4v) is 3.10.